The van der Waals surface area contributed by atoms with Gasteiger partial charge < -0.3 is 10.6 Å². The van der Waals surface area contributed by atoms with E-state index in [-0.39, 0.29) is 24.4 Å². The topological polar surface area (TPSA) is 61.4 Å². The van der Waals surface area contributed by atoms with Gasteiger partial charge in [-0.2, -0.15) is 0 Å². The first kappa shape index (κ1) is 19.4. The summed E-state index contributed by atoms with van der Waals surface area (Å²) >= 11 is 0. The zero-order chi connectivity index (χ0) is 18.6. The molecule has 0 saturated carbocycles. The predicted molar refractivity (Wildman–Crippen MR) is 102 cm³/mol. The number of piperidine rings is 1. The van der Waals surface area contributed by atoms with Gasteiger partial charge in [-0.15, -0.1) is 0 Å². The zero-order valence-corrected chi connectivity index (χ0v) is 16.1. The van der Waals surface area contributed by atoms with Gasteiger partial charge in [0.05, 0.1) is 12.6 Å². The SMILES string of the molecule is Cc1cccc(C)c1NC(=O)CNC(=O)[C@H](C)N1C[C@H](C)C[C@H](C)C1. The van der Waals surface area contributed by atoms with Crippen molar-refractivity contribution < 1.29 is 9.59 Å². The van der Waals surface area contributed by atoms with E-state index in [0.29, 0.717) is 11.8 Å². The average molecular weight is 345 g/mol. The lowest BCUT2D eigenvalue weighted by atomic mass is 9.91. The fourth-order valence-electron chi connectivity index (χ4n) is 3.70. The molecule has 1 aromatic carbocycles. The molecule has 1 aromatic rings. The Bertz CT molecular complexity index is 599. The predicted octanol–water partition coefficient (Wildman–Crippen LogP) is 2.72. The van der Waals surface area contributed by atoms with Crippen LogP contribution in [-0.2, 0) is 9.59 Å². The number of anilines is 1. The van der Waals surface area contributed by atoms with E-state index < -0.39 is 0 Å². The molecule has 0 aromatic heterocycles. The number of rotatable bonds is 5. The van der Waals surface area contributed by atoms with E-state index in [4.69, 9.17) is 0 Å². The lowest BCUT2D eigenvalue weighted by molar-refractivity contribution is -0.128. The molecule has 3 atom stereocenters. The number of carbonyl (C=O) groups excluding carboxylic acids is 2. The highest BCUT2D eigenvalue weighted by atomic mass is 16.2. The Morgan fingerprint density at radius 1 is 1.16 bits per heavy atom. The third-order valence-electron chi connectivity index (χ3n) is 4.99. The second-order valence-electron chi connectivity index (χ2n) is 7.61. The van der Waals surface area contributed by atoms with Crippen LogP contribution in [0.2, 0.25) is 0 Å². The van der Waals surface area contributed by atoms with Gasteiger partial charge in [-0.05, 0) is 50.2 Å². The monoisotopic (exact) mass is 345 g/mol. The van der Waals surface area contributed by atoms with Crippen LogP contribution in [0.1, 0.15) is 38.3 Å². The van der Waals surface area contributed by atoms with Crippen molar-refractivity contribution >= 4 is 17.5 Å². The number of hydrogen-bond donors (Lipinski definition) is 2. The summed E-state index contributed by atoms with van der Waals surface area (Å²) in [5, 5.41) is 5.67. The van der Waals surface area contributed by atoms with Gasteiger partial charge >= 0.3 is 0 Å². The van der Waals surface area contributed by atoms with Crippen molar-refractivity contribution in [3.05, 3.63) is 29.3 Å². The molecule has 0 aliphatic carbocycles. The van der Waals surface area contributed by atoms with Gasteiger partial charge in [0, 0.05) is 18.8 Å². The molecule has 25 heavy (non-hydrogen) atoms. The molecule has 5 nitrogen and oxygen atoms in total. The molecule has 2 amide bonds. The lowest BCUT2D eigenvalue weighted by Gasteiger charge is -2.38. The van der Waals surface area contributed by atoms with Gasteiger partial charge in [0.1, 0.15) is 0 Å². The third-order valence-corrected chi connectivity index (χ3v) is 4.99. The minimum absolute atomic E-state index is 0.00407. The van der Waals surface area contributed by atoms with Gasteiger partial charge in [-0.3, -0.25) is 14.5 Å². The quantitative estimate of drug-likeness (QED) is 0.862. The fraction of sp³-hybridized carbons (Fsp3) is 0.600. The van der Waals surface area contributed by atoms with Crippen LogP contribution in [-0.4, -0.2) is 42.4 Å². The number of likely N-dealkylation sites (tertiary alicyclic amines) is 1. The highest BCUT2D eigenvalue weighted by molar-refractivity contribution is 5.96. The van der Waals surface area contributed by atoms with E-state index in [1.165, 1.54) is 6.42 Å². The summed E-state index contributed by atoms with van der Waals surface area (Å²) in [5.74, 6) is 0.925. The zero-order valence-electron chi connectivity index (χ0n) is 16.1. The van der Waals surface area contributed by atoms with Crippen LogP contribution in [0.3, 0.4) is 0 Å². The van der Waals surface area contributed by atoms with Crippen LogP contribution >= 0.6 is 0 Å². The first-order valence-electron chi connectivity index (χ1n) is 9.15. The summed E-state index contributed by atoms with van der Waals surface area (Å²) in [7, 11) is 0. The van der Waals surface area contributed by atoms with Crippen LogP contribution in [0.15, 0.2) is 18.2 Å². The first-order chi connectivity index (χ1) is 11.8. The second-order valence-corrected chi connectivity index (χ2v) is 7.61. The molecule has 1 fully saturated rings. The van der Waals surface area contributed by atoms with Crippen LogP contribution < -0.4 is 10.6 Å². The average Bonchev–Trinajstić information content (AvgIpc) is 2.54. The van der Waals surface area contributed by atoms with Gasteiger partial charge in [-0.1, -0.05) is 32.0 Å². The van der Waals surface area contributed by atoms with Crippen LogP contribution in [0.25, 0.3) is 0 Å². The van der Waals surface area contributed by atoms with Crippen LogP contribution in [0, 0.1) is 25.7 Å². The number of para-hydroxylation sites is 1. The minimum atomic E-state index is -0.210. The number of benzene rings is 1. The van der Waals surface area contributed by atoms with Crippen molar-refractivity contribution in [2.75, 3.05) is 25.0 Å². The maximum atomic E-state index is 12.4. The molecular formula is C20H31N3O2. The van der Waals surface area contributed by atoms with Crippen LogP contribution in [0.4, 0.5) is 5.69 Å². The molecule has 0 radical (unpaired) electrons. The smallest absolute Gasteiger partial charge is 0.243 e. The van der Waals surface area contributed by atoms with Gasteiger partial charge in [0.15, 0.2) is 0 Å². The molecule has 1 aliphatic rings. The Hall–Kier alpha value is -1.88. The summed E-state index contributed by atoms with van der Waals surface area (Å²) in [4.78, 5) is 26.8. The van der Waals surface area contributed by atoms with Gasteiger partial charge in [0.25, 0.3) is 0 Å². The molecule has 0 bridgehead atoms. The molecule has 1 saturated heterocycles. The Morgan fingerprint density at radius 2 is 1.72 bits per heavy atom. The van der Waals surface area contributed by atoms with Crippen molar-refractivity contribution in [2.45, 2.75) is 47.1 Å². The third kappa shape index (κ3) is 5.30. The fourth-order valence-corrected chi connectivity index (χ4v) is 3.70. The number of carbonyl (C=O) groups is 2. The Kier molecular flexibility index (Phi) is 6.59. The Morgan fingerprint density at radius 3 is 2.28 bits per heavy atom. The number of aryl methyl sites for hydroxylation is 2. The molecule has 1 heterocycles. The van der Waals surface area contributed by atoms with E-state index >= 15 is 0 Å². The number of hydrogen-bond acceptors (Lipinski definition) is 3. The highest BCUT2D eigenvalue weighted by Crippen LogP contribution is 2.22. The second kappa shape index (κ2) is 8.48. The Balaban J connectivity index is 1.85. The Labute approximate surface area is 151 Å². The van der Waals surface area contributed by atoms with E-state index in [1.54, 1.807) is 0 Å². The molecule has 0 spiro atoms. The normalized spacial score (nSPS) is 22.3. The molecule has 0 unspecified atom stereocenters. The summed E-state index contributed by atoms with van der Waals surface area (Å²) in [6, 6.07) is 5.67. The largest absolute Gasteiger partial charge is 0.346 e. The van der Waals surface area contributed by atoms with Crippen molar-refractivity contribution in [1.82, 2.24) is 10.2 Å². The summed E-state index contributed by atoms with van der Waals surface area (Å²) in [6.07, 6.45) is 1.21. The summed E-state index contributed by atoms with van der Waals surface area (Å²) in [5.41, 5.74) is 2.86. The standard InChI is InChI=1S/C20H31N3O2/c1-13-9-14(2)12-23(11-13)17(5)20(25)21-10-18(24)22-19-15(3)7-6-8-16(19)4/h6-8,13-14,17H,9-12H2,1-5H3,(H,21,25)(H,22,24)/t13-,14+,17-/m0/s1. The molecular weight excluding hydrogens is 314 g/mol. The van der Waals surface area contributed by atoms with E-state index in [0.717, 1.165) is 29.9 Å². The van der Waals surface area contributed by atoms with E-state index in [9.17, 15) is 9.59 Å². The maximum absolute atomic E-state index is 12.4. The first-order valence-corrected chi connectivity index (χ1v) is 9.15. The molecule has 1 aliphatic heterocycles. The highest BCUT2D eigenvalue weighted by Gasteiger charge is 2.28. The summed E-state index contributed by atoms with van der Waals surface area (Å²) < 4.78 is 0. The molecule has 2 N–H and O–H groups in total. The van der Waals surface area contributed by atoms with Crippen molar-refractivity contribution in [2.24, 2.45) is 11.8 Å². The number of nitrogens with one attached hydrogen (secondary N) is 2. The van der Waals surface area contributed by atoms with Crippen molar-refractivity contribution in [1.29, 1.82) is 0 Å². The molecule has 138 valence electrons. The minimum Gasteiger partial charge on any atom is -0.346 e. The van der Waals surface area contributed by atoms with E-state index in [1.807, 2.05) is 39.0 Å². The molecule has 2 rings (SSSR count). The maximum Gasteiger partial charge on any atom is 0.243 e. The molecule has 5 heteroatoms. The van der Waals surface area contributed by atoms with Gasteiger partial charge in [0.2, 0.25) is 11.8 Å². The number of amides is 2. The van der Waals surface area contributed by atoms with Crippen LogP contribution in [0.5, 0.6) is 0 Å². The van der Waals surface area contributed by atoms with Crippen molar-refractivity contribution in [3.8, 4) is 0 Å². The van der Waals surface area contributed by atoms with Gasteiger partial charge in [-0.25, -0.2) is 0 Å². The lowest BCUT2D eigenvalue weighted by Crippen LogP contribution is -2.51. The summed E-state index contributed by atoms with van der Waals surface area (Å²) in [6.45, 7) is 12.2. The van der Waals surface area contributed by atoms with E-state index in [2.05, 4.69) is 29.4 Å². The number of nitrogens with zero attached hydrogens (tertiary/aromatic N) is 1. The van der Waals surface area contributed by atoms with Crippen molar-refractivity contribution in [3.63, 3.8) is 0 Å².